The molecule has 9 nitrogen and oxygen atoms in total. The molecule has 3 aromatic rings. The Hall–Kier alpha value is -4.66. The van der Waals surface area contributed by atoms with Crippen LogP contribution in [0.4, 0.5) is 0 Å². The number of Topliss-reactive ketones (excluding diaryl/α,β-unsaturated/α-hetero) is 1. The molecule has 0 bridgehead atoms. The normalized spacial score (nSPS) is 17.0. The Labute approximate surface area is 212 Å². The molecule has 0 saturated heterocycles. The van der Waals surface area contributed by atoms with Gasteiger partial charge in [0.25, 0.3) is 0 Å². The van der Waals surface area contributed by atoms with Gasteiger partial charge in [0.15, 0.2) is 28.8 Å². The van der Waals surface area contributed by atoms with Gasteiger partial charge in [-0.25, -0.2) is 0 Å². The molecule has 1 N–H and O–H groups in total. The second-order valence-corrected chi connectivity index (χ2v) is 8.38. The summed E-state index contributed by atoms with van der Waals surface area (Å²) in [5.74, 6) is 0.964. The van der Waals surface area contributed by atoms with Crippen molar-refractivity contribution in [2.75, 3.05) is 28.4 Å². The molecule has 0 aromatic heterocycles. The number of hydrogen-bond donors (Lipinski definition) is 1. The predicted octanol–water partition coefficient (Wildman–Crippen LogP) is 4.48. The summed E-state index contributed by atoms with van der Waals surface area (Å²) >= 11 is 0. The molecule has 0 spiro atoms. The van der Waals surface area contributed by atoms with Crippen molar-refractivity contribution >= 4 is 17.8 Å². The van der Waals surface area contributed by atoms with Gasteiger partial charge in [-0.05, 0) is 48.0 Å². The number of benzene rings is 3. The lowest BCUT2D eigenvalue weighted by molar-refractivity contribution is -0.135. The summed E-state index contributed by atoms with van der Waals surface area (Å²) < 4.78 is 33.2. The fourth-order valence-corrected chi connectivity index (χ4v) is 4.68. The number of phenolic OH excluding ortho intramolecular Hbond substituents is 1. The summed E-state index contributed by atoms with van der Waals surface area (Å²) in [5.41, 5.74) is 2.17. The lowest BCUT2D eigenvalue weighted by Gasteiger charge is -2.26. The van der Waals surface area contributed by atoms with Gasteiger partial charge in [0.1, 0.15) is 11.5 Å². The highest BCUT2D eigenvalue weighted by Gasteiger charge is 2.39. The maximum atomic E-state index is 13.4. The summed E-state index contributed by atoms with van der Waals surface area (Å²) in [4.78, 5) is 25.8. The molecule has 0 amide bonds. The van der Waals surface area contributed by atoms with Gasteiger partial charge in [-0.15, -0.1) is 0 Å². The van der Waals surface area contributed by atoms with Crippen molar-refractivity contribution < 1.29 is 43.1 Å². The van der Waals surface area contributed by atoms with Crippen LogP contribution in [0.15, 0.2) is 48.2 Å². The monoisotopic (exact) mass is 504 g/mol. The van der Waals surface area contributed by atoms with E-state index in [1.54, 1.807) is 42.5 Å². The standard InChI is InChI=1S/C28H24O9/c1-32-20-9-6-15(26(34-3)28(20)35-4)12-22-25(31)16-7-10-19-24(27(16)37-22)17(13-23(30)36-19)14-5-8-18(29)21(11-14)33-2/h5-12,17,29H,13H2,1-4H3/b22-12-/t17-/m1/s1. The van der Waals surface area contributed by atoms with Crippen molar-refractivity contribution in [3.8, 4) is 40.2 Å². The number of allylic oxidation sites excluding steroid dienone is 1. The molecular formula is C28H24O9. The second kappa shape index (κ2) is 9.42. The number of rotatable bonds is 6. The molecule has 1 atom stereocenters. The van der Waals surface area contributed by atoms with Gasteiger partial charge in [0.2, 0.25) is 11.5 Å². The molecule has 37 heavy (non-hydrogen) atoms. The Morgan fingerprint density at radius 3 is 2.32 bits per heavy atom. The first-order valence-corrected chi connectivity index (χ1v) is 11.4. The highest BCUT2D eigenvalue weighted by atomic mass is 16.5. The van der Waals surface area contributed by atoms with E-state index in [0.29, 0.717) is 51.0 Å². The third-order valence-corrected chi connectivity index (χ3v) is 6.41. The molecular weight excluding hydrogens is 480 g/mol. The van der Waals surface area contributed by atoms with Crippen molar-refractivity contribution in [2.24, 2.45) is 0 Å². The fourth-order valence-electron chi connectivity index (χ4n) is 4.68. The number of phenols is 1. The molecule has 2 aliphatic heterocycles. The van der Waals surface area contributed by atoms with Gasteiger partial charge < -0.3 is 33.5 Å². The maximum Gasteiger partial charge on any atom is 0.312 e. The Bertz CT molecular complexity index is 1450. The smallest absolute Gasteiger partial charge is 0.312 e. The van der Waals surface area contributed by atoms with Crippen molar-refractivity contribution in [3.05, 3.63) is 70.5 Å². The van der Waals surface area contributed by atoms with Crippen LogP contribution in [-0.4, -0.2) is 45.3 Å². The van der Waals surface area contributed by atoms with E-state index in [-0.39, 0.29) is 29.5 Å². The molecule has 3 aromatic carbocycles. The summed E-state index contributed by atoms with van der Waals surface area (Å²) in [6.07, 6.45) is 1.60. The topological polar surface area (TPSA) is 110 Å². The minimum atomic E-state index is -0.483. The van der Waals surface area contributed by atoms with Crippen LogP contribution in [0, 0.1) is 0 Å². The Balaban J connectivity index is 1.61. The van der Waals surface area contributed by atoms with Crippen LogP contribution >= 0.6 is 0 Å². The molecule has 0 unspecified atom stereocenters. The molecule has 0 aliphatic carbocycles. The van der Waals surface area contributed by atoms with Crippen molar-refractivity contribution in [1.29, 1.82) is 0 Å². The van der Waals surface area contributed by atoms with E-state index in [0.717, 1.165) is 0 Å². The Morgan fingerprint density at radius 1 is 0.865 bits per heavy atom. The lowest BCUT2D eigenvalue weighted by Crippen LogP contribution is -2.21. The minimum Gasteiger partial charge on any atom is -0.504 e. The molecule has 5 rings (SSSR count). The molecule has 190 valence electrons. The molecule has 0 fully saturated rings. The van der Waals surface area contributed by atoms with Crippen LogP contribution < -0.4 is 28.4 Å². The van der Waals surface area contributed by atoms with Gasteiger partial charge in [0, 0.05) is 17.0 Å². The first-order chi connectivity index (χ1) is 17.9. The van der Waals surface area contributed by atoms with Crippen LogP contribution in [0.3, 0.4) is 0 Å². The number of ketones is 1. The quantitative estimate of drug-likeness (QED) is 0.295. The predicted molar refractivity (Wildman–Crippen MR) is 132 cm³/mol. The average Bonchev–Trinajstić information content (AvgIpc) is 3.22. The van der Waals surface area contributed by atoms with Gasteiger partial charge in [-0.3, -0.25) is 9.59 Å². The van der Waals surface area contributed by atoms with E-state index < -0.39 is 11.9 Å². The van der Waals surface area contributed by atoms with Crippen LogP contribution in [0.5, 0.6) is 40.2 Å². The van der Waals surface area contributed by atoms with E-state index in [1.807, 2.05) is 0 Å². The van der Waals surface area contributed by atoms with Crippen LogP contribution in [0.1, 0.15) is 39.4 Å². The third kappa shape index (κ3) is 3.98. The number of esters is 1. The van der Waals surface area contributed by atoms with Gasteiger partial charge in [0.05, 0.1) is 40.4 Å². The molecule has 2 aliphatic rings. The van der Waals surface area contributed by atoms with Gasteiger partial charge in [-0.2, -0.15) is 0 Å². The third-order valence-electron chi connectivity index (χ3n) is 6.41. The summed E-state index contributed by atoms with van der Waals surface area (Å²) in [7, 11) is 5.95. The fraction of sp³-hybridized carbons (Fsp3) is 0.214. The largest absolute Gasteiger partial charge is 0.504 e. The summed E-state index contributed by atoms with van der Waals surface area (Å²) in [5, 5.41) is 10.0. The summed E-state index contributed by atoms with van der Waals surface area (Å²) in [6, 6.07) is 11.5. The first-order valence-electron chi connectivity index (χ1n) is 11.4. The van der Waals surface area contributed by atoms with E-state index in [4.69, 9.17) is 28.4 Å². The van der Waals surface area contributed by atoms with E-state index >= 15 is 0 Å². The number of carbonyl (C=O) groups is 2. The number of aromatic hydroxyl groups is 1. The molecule has 0 saturated carbocycles. The first kappa shape index (κ1) is 24.1. The van der Waals surface area contributed by atoms with E-state index in [1.165, 1.54) is 34.5 Å². The zero-order valence-corrected chi connectivity index (χ0v) is 20.6. The lowest BCUT2D eigenvalue weighted by atomic mass is 9.84. The molecule has 2 heterocycles. The maximum absolute atomic E-state index is 13.4. The highest BCUT2D eigenvalue weighted by molar-refractivity contribution is 6.15. The van der Waals surface area contributed by atoms with Crippen LogP contribution in [-0.2, 0) is 4.79 Å². The Morgan fingerprint density at radius 2 is 1.62 bits per heavy atom. The number of hydrogen-bond acceptors (Lipinski definition) is 9. The summed E-state index contributed by atoms with van der Waals surface area (Å²) in [6.45, 7) is 0. The van der Waals surface area contributed by atoms with Gasteiger partial charge >= 0.3 is 5.97 Å². The minimum absolute atomic E-state index is 0.0244. The van der Waals surface area contributed by atoms with Crippen LogP contribution in [0.2, 0.25) is 0 Å². The zero-order valence-electron chi connectivity index (χ0n) is 20.6. The molecule has 9 heteroatoms. The zero-order chi connectivity index (χ0) is 26.3. The van der Waals surface area contributed by atoms with Crippen molar-refractivity contribution in [3.63, 3.8) is 0 Å². The van der Waals surface area contributed by atoms with E-state index in [2.05, 4.69) is 0 Å². The highest BCUT2D eigenvalue weighted by Crippen LogP contribution is 2.50. The Kier molecular flexibility index (Phi) is 6.12. The number of methoxy groups -OCH3 is 4. The number of fused-ring (bicyclic) bond motifs is 3. The average molecular weight is 504 g/mol. The van der Waals surface area contributed by atoms with Gasteiger partial charge in [-0.1, -0.05) is 6.07 Å². The number of ether oxygens (including phenoxy) is 6. The van der Waals surface area contributed by atoms with Crippen molar-refractivity contribution in [2.45, 2.75) is 12.3 Å². The number of carbonyl (C=O) groups excluding carboxylic acids is 2. The van der Waals surface area contributed by atoms with Crippen molar-refractivity contribution in [1.82, 2.24) is 0 Å². The van der Waals surface area contributed by atoms with E-state index in [9.17, 15) is 14.7 Å². The molecule has 0 radical (unpaired) electrons. The second-order valence-electron chi connectivity index (χ2n) is 8.38. The SMILES string of the molecule is COc1cc([C@H]2CC(=O)Oc3ccc4c(c32)O/C(=C\c2ccc(OC)c(OC)c2OC)C4=O)ccc1O. The van der Waals surface area contributed by atoms with Crippen LogP contribution in [0.25, 0.3) is 6.08 Å².